The van der Waals surface area contributed by atoms with E-state index >= 15 is 0 Å². The molecule has 0 aromatic heterocycles. The monoisotopic (exact) mass is 349 g/mol. The van der Waals surface area contributed by atoms with Crippen molar-refractivity contribution in [2.45, 2.75) is 19.4 Å². The third kappa shape index (κ3) is 3.64. The fourth-order valence-corrected chi connectivity index (χ4v) is 2.75. The molecule has 1 aliphatic heterocycles. The largest absolute Gasteiger partial charge is 0.411 e. The van der Waals surface area contributed by atoms with Gasteiger partial charge >= 0.3 is 6.03 Å². The molecule has 0 radical (unpaired) electrons. The lowest BCUT2D eigenvalue weighted by Crippen LogP contribution is -2.31. The van der Waals surface area contributed by atoms with Gasteiger partial charge in [0.25, 0.3) is 5.91 Å². The van der Waals surface area contributed by atoms with Crippen LogP contribution in [0.1, 0.15) is 24.5 Å². The van der Waals surface area contributed by atoms with Gasteiger partial charge in [0.2, 0.25) is 0 Å². The molecule has 0 spiro atoms. The van der Waals surface area contributed by atoms with E-state index < -0.39 is 12.1 Å². The number of nitrogens with one attached hydrogen (secondary N) is 1. The summed E-state index contributed by atoms with van der Waals surface area (Å²) in [6.45, 7) is 1.66. The average molecular weight is 349 g/mol. The normalized spacial score (nSPS) is 17.8. The van der Waals surface area contributed by atoms with Crippen LogP contribution >= 0.6 is 0 Å². The van der Waals surface area contributed by atoms with Crippen LogP contribution in [0, 0.1) is 0 Å². The summed E-state index contributed by atoms with van der Waals surface area (Å²) in [5.74, 6) is -0.284. The highest BCUT2D eigenvalue weighted by Crippen LogP contribution is 2.22. The molecule has 0 bridgehead atoms. The molecule has 132 valence electrons. The van der Waals surface area contributed by atoms with Crippen LogP contribution in [0.25, 0.3) is 6.08 Å². The molecule has 2 aromatic rings. The van der Waals surface area contributed by atoms with E-state index in [-0.39, 0.29) is 5.91 Å². The fourth-order valence-electron chi connectivity index (χ4n) is 2.75. The maximum atomic E-state index is 12.6. The first-order valence-corrected chi connectivity index (χ1v) is 8.25. The number of imide groups is 1. The molecule has 3 rings (SSSR count). The summed E-state index contributed by atoms with van der Waals surface area (Å²) in [4.78, 5) is 25.9. The van der Waals surface area contributed by atoms with E-state index in [4.69, 9.17) is 5.21 Å². The number of urea groups is 1. The SMILES string of the molecule is CC(=NO)c1ccc(N2C(=O)NC(CC=Cc3ccccc3)C2=O)cc1. The third-order valence-electron chi connectivity index (χ3n) is 4.19. The van der Waals surface area contributed by atoms with Gasteiger partial charge in [-0.05, 0) is 36.6 Å². The molecule has 1 saturated heterocycles. The van der Waals surface area contributed by atoms with Gasteiger partial charge in [0.1, 0.15) is 6.04 Å². The predicted molar refractivity (Wildman–Crippen MR) is 100 cm³/mol. The molecule has 6 nitrogen and oxygen atoms in total. The Hall–Kier alpha value is -3.41. The first-order chi connectivity index (χ1) is 12.6. The van der Waals surface area contributed by atoms with E-state index in [0.717, 1.165) is 10.5 Å². The van der Waals surface area contributed by atoms with E-state index in [2.05, 4.69) is 10.5 Å². The van der Waals surface area contributed by atoms with Gasteiger partial charge in [-0.3, -0.25) is 4.79 Å². The summed E-state index contributed by atoms with van der Waals surface area (Å²) in [6.07, 6.45) is 4.23. The summed E-state index contributed by atoms with van der Waals surface area (Å²) in [6, 6.07) is 15.5. The molecule has 0 aliphatic carbocycles. The Balaban J connectivity index is 1.69. The summed E-state index contributed by atoms with van der Waals surface area (Å²) in [7, 11) is 0. The van der Waals surface area contributed by atoms with Gasteiger partial charge in [0.15, 0.2) is 0 Å². The predicted octanol–water partition coefficient (Wildman–Crippen LogP) is 3.41. The van der Waals surface area contributed by atoms with E-state index in [1.54, 1.807) is 31.2 Å². The van der Waals surface area contributed by atoms with Crippen LogP contribution in [0.2, 0.25) is 0 Å². The molecule has 1 aliphatic rings. The van der Waals surface area contributed by atoms with Crippen LogP contribution in [-0.2, 0) is 4.79 Å². The highest BCUT2D eigenvalue weighted by Gasteiger charge is 2.38. The van der Waals surface area contributed by atoms with Crippen molar-refractivity contribution in [1.82, 2.24) is 5.32 Å². The second kappa shape index (κ2) is 7.65. The number of hydrogen-bond acceptors (Lipinski definition) is 4. The lowest BCUT2D eigenvalue weighted by atomic mass is 10.1. The van der Waals surface area contributed by atoms with E-state index in [1.807, 2.05) is 42.5 Å². The zero-order valence-electron chi connectivity index (χ0n) is 14.3. The highest BCUT2D eigenvalue weighted by atomic mass is 16.4. The lowest BCUT2D eigenvalue weighted by Gasteiger charge is -2.13. The number of carbonyl (C=O) groups excluding carboxylic acids is 2. The van der Waals surface area contributed by atoms with Crippen molar-refractivity contribution in [3.8, 4) is 0 Å². The molecule has 3 amide bonds. The van der Waals surface area contributed by atoms with E-state index in [1.165, 1.54) is 0 Å². The molecule has 2 N–H and O–H groups in total. The Kier molecular flexibility index (Phi) is 5.12. The number of hydrogen-bond donors (Lipinski definition) is 2. The first kappa shape index (κ1) is 17.4. The Morgan fingerprint density at radius 2 is 1.85 bits per heavy atom. The zero-order chi connectivity index (χ0) is 18.5. The summed E-state index contributed by atoms with van der Waals surface area (Å²) in [5.41, 5.74) is 2.69. The van der Waals surface area contributed by atoms with Gasteiger partial charge in [-0.15, -0.1) is 0 Å². The van der Waals surface area contributed by atoms with Crippen LogP contribution in [0.4, 0.5) is 10.5 Å². The van der Waals surface area contributed by atoms with Crippen molar-refractivity contribution >= 4 is 29.4 Å². The minimum absolute atomic E-state index is 0.284. The van der Waals surface area contributed by atoms with Gasteiger partial charge in [0.05, 0.1) is 11.4 Å². The minimum atomic E-state index is -0.581. The Bertz CT molecular complexity index is 858. The molecule has 1 atom stereocenters. The standard InChI is InChI=1S/C20H19N3O3/c1-14(22-26)16-10-12-17(13-11-16)23-19(24)18(21-20(23)25)9-5-8-15-6-3-2-4-7-15/h2-8,10-13,18,26H,9H2,1H3,(H,21,25). The van der Waals surface area contributed by atoms with Crippen LogP contribution in [0.15, 0.2) is 65.8 Å². The van der Waals surface area contributed by atoms with E-state index in [9.17, 15) is 9.59 Å². The number of carbonyl (C=O) groups is 2. The van der Waals surface area contributed by atoms with Gasteiger partial charge in [-0.1, -0.05) is 59.8 Å². The Morgan fingerprint density at radius 3 is 2.50 bits per heavy atom. The quantitative estimate of drug-likeness (QED) is 0.376. The van der Waals surface area contributed by atoms with Gasteiger partial charge in [-0.25, -0.2) is 9.69 Å². The lowest BCUT2D eigenvalue weighted by molar-refractivity contribution is -0.118. The zero-order valence-corrected chi connectivity index (χ0v) is 14.3. The fraction of sp³-hybridized carbons (Fsp3) is 0.150. The number of nitrogens with zero attached hydrogens (tertiary/aromatic N) is 2. The van der Waals surface area contributed by atoms with Crippen molar-refractivity contribution in [2.75, 3.05) is 4.90 Å². The molecular weight excluding hydrogens is 330 g/mol. The molecule has 2 aromatic carbocycles. The Labute approximate surface area is 151 Å². The van der Waals surface area contributed by atoms with Crippen molar-refractivity contribution in [3.05, 3.63) is 71.8 Å². The average Bonchev–Trinajstić information content (AvgIpc) is 2.95. The van der Waals surface area contributed by atoms with Crippen LogP contribution < -0.4 is 10.2 Å². The van der Waals surface area contributed by atoms with Crippen molar-refractivity contribution in [1.29, 1.82) is 0 Å². The van der Waals surface area contributed by atoms with Crippen molar-refractivity contribution < 1.29 is 14.8 Å². The van der Waals surface area contributed by atoms with Crippen LogP contribution in [0.5, 0.6) is 0 Å². The second-order valence-electron chi connectivity index (χ2n) is 5.96. The topological polar surface area (TPSA) is 82.0 Å². The molecule has 0 saturated carbocycles. The number of oxime groups is 1. The van der Waals surface area contributed by atoms with Crippen molar-refractivity contribution in [3.63, 3.8) is 0 Å². The number of anilines is 1. The van der Waals surface area contributed by atoms with Gasteiger partial charge < -0.3 is 10.5 Å². The molecule has 1 heterocycles. The number of amides is 3. The second-order valence-corrected chi connectivity index (χ2v) is 5.96. The van der Waals surface area contributed by atoms with E-state index in [0.29, 0.717) is 23.4 Å². The smallest absolute Gasteiger partial charge is 0.329 e. The summed E-state index contributed by atoms with van der Waals surface area (Å²) in [5, 5.41) is 14.7. The van der Waals surface area contributed by atoms with Crippen LogP contribution in [-0.4, -0.2) is 28.9 Å². The maximum absolute atomic E-state index is 12.6. The highest BCUT2D eigenvalue weighted by molar-refractivity contribution is 6.21. The van der Waals surface area contributed by atoms with Gasteiger partial charge in [0, 0.05) is 0 Å². The van der Waals surface area contributed by atoms with Crippen molar-refractivity contribution in [2.24, 2.45) is 5.16 Å². The molecule has 1 unspecified atom stereocenters. The molecule has 26 heavy (non-hydrogen) atoms. The molecule has 1 fully saturated rings. The summed E-state index contributed by atoms with van der Waals surface area (Å²) >= 11 is 0. The van der Waals surface area contributed by atoms with Gasteiger partial charge in [-0.2, -0.15) is 0 Å². The number of benzene rings is 2. The molecular formula is C20H19N3O3. The molecule has 6 heteroatoms. The van der Waals surface area contributed by atoms with Crippen LogP contribution in [0.3, 0.4) is 0 Å². The first-order valence-electron chi connectivity index (χ1n) is 8.25. The maximum Gasteiger partial charge on any atom is 0.329 e. The number of rotatable bonds is 5. The Morgan fingerprint density at radius 1 is 1.15 bits per heavy atom. The summed E-state index contributed by atoms with van der Waals surface area (Å²) < 4.78 is 0. The third-order valence-corrected chi connectivity index (χ3v) is 4.19. The minimum Gasteiger partial charge on any atom is -0.411 e.